The van der Waals surface area contributed by atoms with Crippen LogP contribution in [0.4, 0.5) is 5.69 Å². The second-order valence-corrected chi connectivity index (χ2v) is 8.54. The summed E-state index contributed by atoms with van der Waals surface area (Å²) in [5.74, 6) is 4.69. The zero-order valence-electron chi connectivity index (χ0n) is 16.2. The van der Waals surface area contributed by atoms with Crippen LogP contribution in [0.15, 0.2) is 29.3 Å². The number of nitrogens with zero attached hydrogens (tertiary/aromatic N) is 1. The molecule has 2 saturated carbocycles. The number of aliphatic imine (C=N–C) groups is 1. The van der Waals surface area contributed by atoms with Crippen LogP contribution in [0.1, 0.15) is 71.1 Å². The third-order valence-electron chi connectivity index (χ3n) is 6.64. The molecule has 26 heavy (non-hydrogen) atoms. The number of hydrogen-bond acceptors (Lipinski definition) is 3. The lowest BCUT2D eigenvalue weighted by atomic mass is 9.69. The van der Waals surface area contributed by atoms with Crippen LogP contribution in [-0.4, -0.2) is 11.8 Å². The predicted molar refractivity (Wildman–Crippen MR) is 112 cm³/mol. The van der Waals surface area contributed by atoms with Crippen molar-refractivity contribution in [3.63, 3.8) is 0 Å². The van der Waals surface area contributed by atoms with Crippen LogP contribution < -0.4 is 4.74 Å². The fourth-order valence-corrected chi connectivity index (χ4v) is 5.17. The lowest BCUT2D eigenvalue weighted by molar-refractivity contribution is 0.122. The quantitative estimate of drug-likeness (QED) is 0.373. The Bertz CT molecular complexity index is 577. The SMILES string of the molecule is CCC[C@H]1CC[C@H](C2CCC(COc3ccc(N=C=S)cc3)CC2)CC1. The minimum absolute atomic E-state index is 0.723. The highest BCUT2D eigenvalue weighted by molar-refractivity contribution is 7.78. The first-order valence-corrected chi connectivity index (χ1v) is 11.0. The van der Waals surface area contributed by atoms with Crippen molar-refractivity contribution in [2.45, 2.75) is 71.1 Å². The van der Waals surface area contributed by atoms with E-state index in [1.807, 2.05) is 24.3 Å². The molecule has 0 N–H and O–H groups in total. The van der Waals surface area contributed by atoms with Crippen molar-refractivity contribution in [3.05, 3.63) is 24.3 Å². The number of rotatable bonds is 7. The summed E-state index contributed by atoms with van der Waals surface area (Å²) in [5.41, 5.74) is 0.835. The van der Waals surface area contributed by atoms with Gasteiger partial charge in [0, 0.05) is 0 Å². The minimum atomic E-state index is 0.723. The van der Waals surface area contributed by atoms with E-state index in [-0.39, 0.29) is 0 Å². The molecule has 0 unspecified atom stereocenters. The molecule has 0 heterocycles. The summed E-state index contributed by atoms with van der Waals surface area (Å²) in [7, 11) is 0. The maximum absolute atomic E-state index is 6.01. The highest BCUT2D eigenvalue weighted by Gasteiger charge is 2.30. The van der Waals surface area contributed by atoms with E-state index in [1.165, 1.54) is 64.2 Å². The summed E-state index contributed by atoms with van der Waals surface area (Å²) >= 11 is 4.63. The van der Waals surface area contributed by atoms with E-state index >= 15 is 0 Å². The zero-order valence-corrected chi connectivity index (χ0v) is 17.0. The van der Waals surface area contributed by atoms with Gasteiger partial charge in [-0.15, -0.1) is 0 Å². The van der Waals surface area contributed by atoms with Gasteiger partial charge in [-0.2, -0.15) is 4.99 Å². The maximum Gasteiger partial charge on any atom is 0.119 e. The largest absolute Gasteiger partial charge is 0.493 e. The zero-order chi connectivity index (χ0) is 18.2. The van der Waals surface area contributed by atoms with Gasteiger partial charge in [0.15, 0.2) is 0 Å². The molecule has 1 aromatic carbocycles. The van der Waals surface area contributed by atoms with Crippen LogP contribution in [0, 0.1) is 23.7 Å². The van der Waals surface area contributed by atoms with Gasteiger partial charge in [-0.1, -0.05) is 32.6 Å². The molecule has 0 aliphatic heterocycles. The molecule has 1 aromatic rings. The smallest absolute Gasteiger partial charge is 0.119 e. The van der Waals surface area contributed by atoms with Crippen molar-refractivity contribution in [2.24, 2.45) is 28.7 Å². The van der Waals surface area contributed by atoms with Crippen LogP contribution in [-0.2, 0) is 0 Å². The van der Waals surface area contributed by atoms with E-state index in [0.717, 1.165) is 41.7 Å². The van der Waals surface area contributed by atoms with Crippen LogP contribution in [0.5, 0.6) is 5.75 Å². The molecular formula is C23H33NOS. The lowest BCUT2D eigenvalue weighted by Gasteiger charge is -2.37. The van der Waals surface area contributed by atoms with E-state index in [4.69, 9.17) is 4.74 Å². The molecule has 0 amide bonds. The second-order valence-electron chi connectivity index (χ2n) is 8.36. The van der Waals surface area contributed by atoms with Gasteiger partial charge in [-0.25, -0.2) is 0 Å². The maximum atomic E-state index is 6.01. The summed E-state index contributed by atoms with van der Waals surface area (Å²) < 4.78 is 6.01. The van der Waals surface area contributed by atoms with Crippen LogP contribution in [0.2, 0.25) is 0 Å². The summed E-state index contributed by atoms with van der Waals surface area (Å²) in [4.78, 5) is 3.97. The fraction of sp³-hybridized carbons (Fsp3) is 0.696. The number of thiocarbonyl (C=S) groups is 1. The van der Waals surface area contributed by atoms with Gasteiger partial charge in [-0.05, 0) is 98.7 Å². The van der Waals surface area contributed by atoms with Crippen LogP contribution in [0.3, 0.4) is 0 Å². The predicted octanol–water partition coefficient (Wildman–Crippen LogP) is 7.21. The normalized spacial score (nSPS) is 29.0. The van der Waals surface area contributed by atoms with Gasteiger partial charge < -0.3 is 4.74 Å². The first-order chi connectivity index (χ1) is 12.8. The van der Waals surface area contributed by atoms with Crippen molar-refractivity contribution in [1.29, 1.82) is 0 Å². The van der Waals surface area contributed by atoms with Crippen LogP contribution in [0.25, 0.3) is 0 Å². The summed E-state index contributed by atoms with van der Waals surface area (Å²) in [6.07, 6.45) is 14.3. The molecule has 2 aliphatic carbocycles. The first kappa shape index (κ1) is 19.6. The lowest BCUT2D eigenvalue weighted by Crippen LogP contribution is -2.27. The van der Waals surface area contributed by atoms with E-state index in [0.29, 0.717) is 0 Å². The Morgan fingerprint density at radius 3 is 2.04 bits per heavy atom. The molecule has 2 fully saturated rings. The van der Waals surface area contributed by atoms with Crippen molar-refractivity contribution >= 4 is 23.1 Å². The molecule has 0 bridgehead atoms. The monoisotopic (exact) mass is 371 g/mol. The van der Waals surface area contributed by atoms with E-state index < -0.39 is 0 Å². The molecule has 2 nitrogen and oxygen atoms in total. The van der Waals surface area contributed by atoms with Gasteiger partial charge >= 0.3 is 0 Å². The van der Waals surface area contributed by atoms with Gasteiger partial charge in [0.1, 0.15) is 5.75 Å². The number of benzene rings is 1. The Balaban J connectivity index is 1.37. The third kappa shape index (κ3) is 5.66. The molecule has 142 valence electrons. The van der Waals surface area contributed by atoms with Gasteiger partial charge in [0.05, 0.1) is 17.5 Å². The Morgan fingerprint density at radius 1 is 0.923 bits per heavy atom. The minimum Gasteiger partial charge on any atom is -0.493 e. The summed E-state index contributed by atoms with van der Waals surface area (Å²) in [5, 5.41) is 2.39. The summed E-state index contributed by atoms with van der Waals surface area (Å²) in [6, 6.07) is 7.82. The van der Waals surface area contributed by atoms with Crippen molar-refractivity contribution in [1.82, 2.24) is 0 Å². The highest BCUT2D eigenvalue weighted by atomic mass is 32.1. The van der Waals surface area contributed by atoms with Crippen LogP contribution >= 0.6 is 12.2 Å². The molecule has 0 radical (unpaired) electrons. The highest BCUT2D eigenvalue weighted by Crippen LogP contribution is 2.42. The van der Waals surface area contributed by atoms with Crippen molar-refractivity contribution in [3.8, 4) is 5.75 Å². The van der Waals surface area contributed by atoms with E-state index in [9.17, 15) is 0 Å². The van der Waals surface area contributed by atoms with Crippen molar-refractivity contribution < 1.29 is 4.74 Å². The topological polar surface area (TPSA) is 21.6 Å². The molecule has 0 aromatic heterocycles. The number of isothiocyanates is 1. The van der Waals surface area contributed by atoms with E-state index in [2.05, 4.69) is 29.3 Å². The summed E-state index contributed by atoms with van der Waals surface area (Å²) in [6.45, 7) is 3.18. The molecule has 3 rings (SSSR count). The molecule has 0 saturated heterocycles. The molecule has 0 spiro atoms. The first-order valence-electron chi connectivity index (χ1n) is 10.6. The Morgan fingerprint density at radius 2 is 1.50 bits per heavy atom. The Kier molecular flexibility index (Phi) is 7.70. The van der Waals surface area contributed by atoms with Gasteiger partial charge in [-0.3, -0.25) is 0 Å². The van der Waals surface area contributed by atoms with Gasteiger partial charge in [0.2, 0.25) is 0 Å². The number of hydrogen-bond donors (Lipinski definition) is 0. The third-order valence-corrected chi connectivity index (χ3v) is 6.73. The molecule has 2 aliphatic rings. The molecule has 3 heteroatoms. The Hall–Kier alpha value is -1.18. The van der Waals surface area contributed by atoms with E-state index in [1.54, 1.807) is 0 Å². The molecule has 0 atom stereocenters. The average molecular weight is 372 g/mol. The number of ether oxygens (including phenoxy) is 1. The Labute approximate surface area is 164 Å². The standard InChI is InChI=1S/C23H33NOS/c1-2-3-18-4-8-20(9-5-18)21-10-6-19(7-11-21)16-25-23-14-12-22(13-15-23)24-17-26/h12-15,18-21H,2-11,16H2,1H3/t18-,19?,20-,21?. The van der Waals surface area contributed by atoms with Crippen molar-refractivity contribution in [2.75, 3.05) is 6.61 Å². The van der Waals surface area contributed by atoms with Gasteiger partial charge in [0.25, 0.3) is 0 Å². The fourth-order valence-electron chi connectivity index (χ4n) is 5.07. The molecular weight excluding hydrogens is 338 g/mol. The second kappa shape index (κ2) is 10.2. The average Bonchev–Trinajstić information content (AvgIpc) is 2.69.